The molecule has 4 nitrogen and oxygen atoms in total. The zero-order chi connectivity index (χ0) is 19.5. The van der Waals surface area contributed by atoms with Gasteiger partial charge >= 0.3 is 0 Å². The van der Waals surface area contributed by atoms with Gasteiger partial charge in [0.05, 0.1) is 25.3 Å². The van der Waals surface area contributed by atoms with E-state index in [9.17, 15) is 4.79 Å². The average molecular weight is 372 g/mol. The second kappa shape index (κ2) is 7.61. The van der Waals surface area contributed by atoms with Gasteiger partial charge in [0.2, 0.25) is 5.78 Å². The van der Waals surface area contributed by atoms with Crippen molar-refractivity contribution in [3.05, 3.63) is 95.2 Å². The summed E-state index contributed by atoms with van der Waals surface area (Å²) in [6, 6.07) is 22.8. The van der Waals surface area contributed by atoms with Crippen LogP contribution in [0.1, 0.15) is 27.2 Å². The lowest BCUT2D eigenvalue weighted by Crippen LogP contribution is -2.06. The fourth-order valence-corrected chi connectivity index (χ4v) is 3.37. The second-order valence-corrected chi connectivity index (χ2v) is 6.45. The van der Waals surface area contributed by atoms with Gasteiger partial charge < -0.3 is 13.9 Å². The van der Waals surface area contributed by atoms with E-state index >= 15 is 0 Å². The quantitative estimate of drug-likeness (QED) is 0.433. The average Bonchev–Trinajstić information content (AvgIpc) is 3.11. The van der Waals surface area contributed by atoms with Crippen LogP contribution in [0.25, 0.3) is 11.0 Å². The number of benzene rings is 3. The molecule has 4 rings (SSSR count). The molecule has 0 radical (unpaired) electrons. The Bertz CT molecular complexity index is 1130. The van der Waals surface area contributed by atoms with Gasteiger partial charge in [-0.2, -0.15) is 0 Å². The highest BCUT2D eigenvalue weighted by Crippen LogP contribution is 2.33. The first-order chi connectivity index (χ1) is 13.7. The summed E-state index contributed by atoms with van der Waals surface area (Å²) in [6.45, 7) is 0. The largest absolute Gasteiger partial charge is 0.497 e. The van der Waals surface area contributed by atoms with Crippen LogP contribution < -0.4 is 9.47 Å². The van der Waals surface area contributed by atoms with Gasteiger partial charge in [0.1, 0.15) is 22.8 Å². The number of ether oxygens (including phenoxy) is 2. The summed E-state index contributed by atoms with van der Waals surface area (Å²) in [5, 5.41) is 0.802. The number of hydrogen-bond acceptors (Lipinski definition) is 4. The molecule has 0 atom stereocenters. The van der Waals surface area contributed by atoms with Crippen LogP contribution >= 0.6 is 0 Å². The maximum Gasteiger partial charge on any atom is 0.200 e. The standard InChI is InChI=1S/C24H20O4/c1-26-17-12-13-19(21(15-17)27-2)24(25)23-18-10-6-7-11-20(18)28-22(23)14-16-8-4-3-5-9-16/h3-13,15H,14H2,1-2H3. The maximum absolute atomic E-state index is 13.5. The Labute approximate surface area is 163 Å². The smallest absolute Gasteiger partial charge is 0.200 e. The van der Waals surface area contributed by atoms with Crippen molar-refractivity contribution in [3.8, 4) is 11.5 Å². The summed E-state index contributed by atoms with van der Waals surface area (Å²) in [6.07, 6.45) is 0.537. The van der Waals surface area contributed by atoms with Gasteiger partial charge in [-0.3, -0.25) is 4.79 Å². The molecule has 0 N–H and O–H groups in total. The first-order valence-corrected chi connectivity index (χ1v) is 9.02. The van der Waals surface area contributed by atoms with Crippen LogP contribution in [-0.4, -0.2) is 20.0 Å². The summed E-state index contributed by atoms with van der Waals surface area (Å²) >= 11 is 0. The molecule has 4 aromatic rings. The molecular weight excluding hydrogens is 352 g/mol. The van der Waals surface area contributed by atoms with Crippen molar-refractivity contribution in [1.29, 1.82) is 0 Å². The Kier molecular flexibility index (Phi) is 4.85. The van der Waals surface area contributed by atoms with Crippen LogP contribution in [0.2, 0.25) is 0 Å². The molecule has 0 spiro atoms. The first-order valence-electron chi connectivity index (χ1n) is 9.02. The zero-order valence-corrected chi connectivity index (χ0v) is 15.8. The zero-order valence-electron chi connectivity index (χ0n) is 15.8. The molecule has 140 valence electrons. The van der Waals surface area contributed by atoms with Crippen molar-refractivity contribution >= 4 is 16.8 Å². The highest BCUT2D eigenvalue weighted by Gasteiger charge is 2.24. The number of carbonyl (C=O) groups excluding carboxylic acids is 1. The van der Waals surface area contributed by atoms with Crippen molar-refractivity contribution in [1.82, 2.24) is 0 Å². The van der Waals surface area contributed by atoms with Crippen LogP contribution in [0, 0.1) is 0 Å². The summed E-state index contributed by atoms with van der Waals surface area (Å²) in [7, 11) is 3.13. The molecule has 0 saturated heterocycles. The number of fused-ring (bicyclic) bond motifs is 1. The summed E-state index contributed by atoms with van der Waals surface area (Å²) < 4.78 is 16.8. The Morgan fingerprint density at radius 2 is 1.64 bits per heavy atom. The number of ketones is 1. The molecule has 0 fully saturated rings. The third-order valence-electron chi connectivity index (χ3n) is 4.76. The molecule has 3 aromatic carbocycles. The molecular formula is C24H20O4. The van der Waals surface area contributed by atoms with E-state index in [4.69, 9.17) is 13.9 Å². The van der Waals surface area contributed by atoms with Crippen LogP contribution in [-0.2, 0) is 6.42 Å². The minimum absolute atomic E-state index is 0.129. The SMILES string of the molecule is COc1ccc(C(=O)c2c(Cc3ccccc3)oc3ccccc23)c(OC)c1. The lowest BCUT2D eigenvalue weighted by Gasteiger charge is -2.10. The number of furan rings is 1. The van der Waals surface area contributed by atoms with Crippen molar-refractivity contribution in [2.75, 3.05) is 14.2 Å². The molecule has 0 amide bonds. The van der Waals surface area contributed by atoms with E-state index in [1.54, 1.807) is 32.4 Å². The van der Waals surface area contributed by atoms with E-state index in [0.29, 0.717) is 40.4 Å². The molecule has 0 saturated carbocycles. The topological polar surface area (TPSA) is 48.7 Å². The monoisotopic (exact) mass is 372 g/mol. The molecule has 28 heavy (non-hydrogen) atoms. The van der Waals surface area contributed by atoms with Crippen LogP contribution in [0.5, 0.6) is 11.5 Å². The van der Waals surface area contributed by atoms with Crippen LogP contribution in [0.15, 0.2) is 77.2 Å². The molecule has 0 unspecified atom stereocenters. The highest BCUT2D eigenvalue weighted by atomic mass is 16.5. The predicted octanol–water partition coefficient (Wildman–Crippen LogP) is 5.27. The lowest BCUT2D eigenvalue weighted by atomic mass is 9.97. The molecule has 0 aliphatic heterocycles. The fraction of sp³-hybridized carbons (Fsp3) is 0.125. The number of hydrogen-bond donors (Lipinski definition) is 0. The van der Waals surface area contributed by atoms with Gasteiger partial charge in [-0.05, 0) is 23.8 Å². The normalized spacial score (nSPS) is 10.8. The molecule has 4 heteroatoms. The van der Waals surface area contributed by atoms with E-state index in [0.717, 1.165) is 10.9 Å². The highest BCUT2D eigenvalue weighted by molar-refractivity contribution is 6.18. The molecule has 1 heterocycles. The maximum atomic E-state index is 13.5. The summed E-state index contributed by atoms with van der Waals surface area (Å²) in [4.78, 5) is 13.5. The van der Waals surface area contributed by atoms with Crippen molar-refractivity contribution in [2.24, 2.45) is 0 Å². The van der Waals surface area contributed by atoms with E-state index in [1.807, 2.05) is 54.6 Å². The molecule has 0 aliphatic rings. The Balaban J connectivity index is 1.85. The summed E-state index contributed by atoms with van der Waals surface area (Å²) in [5.41, 5.74) is 2.83. The third-order valence-corrected chi connectivity index (χ3v) is 4.76. The van der Waals surface area contributed by atoms with Crippen molar-refractivity contribution in [3.63, 3.8) is 0 Å². The number of methoxy groups -OCH3 is 2. The van der Waals surface area contributed by atoms with Crippen LogP contribution in [0.4, 0.5) is 0 Å². The van der Waals surface area contributed by atoms with Gasteiger partial charge in [-0.15, -0.1) is 0 Å². The van der Waals surface area contributed by atoms with E-state index in [1.165, 1.54) is 0 Å². The Hall–Kier alpha value is -3.53. The van der Waals surface area contributed by atoms with E-state index in [2.05, 4.69) is 0 Å². The number of carbonyl (C=O) groups is 1. The van der Waals surface area contributed by atoms with Gasteiger partial charge in [0.15, 0.2) is 0 Å². The van der Waals surface area contributed by atoms with Crippen molar-refractivity contribution in [2.45, 2.75) is 6.42 Å². The van der Waals surface area contributed by atoms with Gasteiger partial charge in [0, 0.05) is 17.9 Å². The second-order valence-electron chi connectivity index (χ2n) is 6.45. The Morgan fingerprint density at radius 1 is 0.893 bits per heavy atom. The number of rotatable bonds is 6. The molecule has 0 bridgehead atoms. The van der Waals surface area contributed by atoms with Gasteiger partial charge in [-0.25, -0.2) is 0 Å². The summed E-state index contributed by atoms with van der Waals surface area (Å²) in [5.74, 6) is 1.63. The minimum atomic E-state index is -0.129. The molecule has 1 aromatic heterocycles. The van der Waals surface area contributed by atoms with Crippen LogP contribution in [0.3, 0.4) is 0 Å². The minimum Gasteiger partial charge on any atom is -0.497 e. The third kappa shape index (κ3) is 3.25. The van der Waals surface area contributed by atoms with E-state index < -0.39 is 0 Å². The fourth-order valence-electron chi connectivity index (χ4n) is 3.37. The lowest BCUT2D eigenvalue weighted by molar-refractivity contribution is 0.103. The molecule has 0 aliphatic carbocycles. The Morgan fingerprint density at radius 3 is 2.39 bits per heavy atom. The van der Waals surface area contributed by atoms with Gasteiger partial charge in [0.25, 0.3) is 0 Å². The van der Waals surface area contributed by atoms with E-state index in [-0.39, 0.29) is 5.78 Å². The van der Waals surface area contributed by atoms with Crippen molar-refractivity contribution < 1.29 is 18.7 Å². The predicted molar refractivity (Wildman–Crippen MR) is 108 cm³/mol. The van der Waals surface area contributed by atoms with Gasteiger partial charge in [-0.1, -0.05) is 48.5 Å². The first kappa shape index (κ1) is 17.9. The number of para-hydroxylation sites is 1.